The van der Waals surface area contributed by atoms with Gasteiger partial charge in [0.2, 0.25) is 0 Å². The van der Waals surface area contributed by atoms with E-state index in [0.717, 1.165) is 29.9 Å². The molecule has 0 saturated carbocycles. The number of hydrogen-bond acceptors (Lipinski definition) is 5. The Balaban J connectivity index is 1.13. The quantitative estimate of drug-likeness (QED) is 0.501. The smallest absolute Gasteiger partial charge is 0.262 e. The zero-order valence-electron chi connectivity index (χ0n) is 18.0. The molecule has 0 spiro atoms. The third kappa shape index (κ3) is 5.15. The molecular weight excluding hydrogens is 438 g/mol. The van der Waals surface area contributed by atoms with Gasteiger partial charge >= 0.3 is 0 Å². The maximum Gasteiger partial charge on any atom is 0.262 e. The van der Waals surface area contributed by atoms with E-state index in [1.165, 1.54) is 42.2 Å². The molecular formula is C25H27N3O2S2. The number of aromatic nitrogens is 2. The van der Waals surface area contributed by atoms with Crippen molar-refractivity contribution in [3.63, 3.8) is 0 Å². The summed E-state index contributed by atoms with van der Waals surface area (Å²) >= 11 is 4.00. The van der Waals surface area contributed by atoms with E-state index >= 15 is 0 Å². The second kappa shape index (κ2) is 10.0. The van der Waals surface area contributed by atoms with Gasteiger partial charge in [0.25, 0.3) is 5.91 Å². The van der Waals surface area contributed by atoms with Crippen LogP contribution in [0.5, 0.6) is 5.75 Å². The topological polar surface area (TPSA) is 56.1 Å². The van der Waals surface area contributed by atoms with Crippen molar-refractivity contribution in [2.24, 2.45) is 0 Å². The van der Waals surface area contributed by atoms with Gasteiger partial charge in [0.15, 0.2) is 6.61 Å². The number of hydrogen-bond donors (Lipinski definition) is 1. The third-order valence-corrected chi connectivity index (χ3v) is 8.74. The van der Waals surface area contributed by atoms with Crippen molar-refractivity contribution >= 4 is 35.1 Å². The summed E-state index contributed by atoms with van der Waals surface area (Å²) in [4.78, 5) is 17.1. The van der Waals surface area contributed by atoms with Crippen LogP contribution in [0.1, 0.15) is 35.2 Å². The molecule has 0 unspecified atom stereocenters. The molecule has 2 aliphatic rings. The number of imidazole rings is 1. The molecule has 3 heterocycles. The van der Waals surface area contributed by atoms with Crippen LogP contribution in [0.15, 0.2) is 54.7 Å². The van der Waals surface area contributed by atoms with Crippen LogP contribution in [0.4, 0.5) is 5.69 Å². The molecule has 7 heteroatoms. The Hall–Kier alpha value is -2.38. The maximum atomic E-state index is 12.3. The van der Waals surface area contributed by atoms with Gasteiger partial charge in [-0.3, -0.25) is 4.79 Å². The SMILES string of the molecule is O=C(COc1ccc(C2SCCCS2)cc1)Nc1ccc(-c2cn3c(n2)CCCC3)cc1. The van der Waals surface area contributed by atoms with Gasteiger partial charge < -0.3 is 14.6 Å². The van der Waals surface area contributed by atoms with Gasteiger partial charge in [0.05, 0.1) is 10.3 Å². The standard InChI is InChI=1S/C25H27N3O2S2/c29-24(17-30-21-11-7-19(8-12-21)25-31-14-3-15-32-25)26-20-9-5-18(6-10-20)22-16-28-13-2-1-4-23(28)27-22/h5-12,16,25H,1-4,13-15,17H2,(H,26,29). The molecule has 0 bridgehead atoms. The lowest BCUT2D eigenvalue weighted by Gasteiger charge is -2.21. The lowest BCUT2D eigenvalue weighted by atomic mass is 10.1. The molecule has 0 aliphatic carbocycles. The predicted molar refractivity (Wildman–Crippen MR) is 133 cm³/mol. The van der Waals surface area contributed by atoms with Crippen LogP contribution in [0, 0.1) is 0 Å². The Kier molecular flexibility index (Phi) is 6.74. The lowest BCUT2D eigenvalue weighted by Crippen LogP contribution is -2.20. The molecule has 1 N–H and O–H groups in total. The summed E-state index contributed by atoms with van der Waals surface area (Å²) in [5.41, 5.74) is 4.13. The van der Waals surface area contributed by atoms with Crippen molar-refractivity contribution in [2.75, 3.05) is 23.4 Å². The van der Waals surface area contributed by atoms with Gasteiger partial charge in [-0.2, -0.15) is 0 Å². The number of carbonyl (C=O) groups excluding carboxylic acids is 1. The van der Waals surface area contributed by atoms with E-state index in [1.807, 2.05) is 59.9 Å². The molecule has 3 aromatic rings. The van der Waals surface area contributed by atoms with Crippen LogP contribution < -0.4 is 10.1 Å². The minimum atomic E-state index is -0.169. The molecule has 32 heavy (non-hydrogen) atoms. The Labute approximate surface area is 197 Å². The number of thioether (sulfide) groups is 2. The number of rotatable bonds is 6. The summed E-state index contributed by atoms with van der Waals surface area (Å²) in [6.45, 7) is 1.04. The van der Waals surface area contributed by atoms with E-state index in [0.29, 0.717) is 10.3 Å². The normalized spacial score (nSPS) is 16.4. The molecule has 1 fully saturated rings. The van der Waals surface area contributed by atoms with Crippen LogP contribution in [-0.4, -0.2) is 33.6 Å². The average molecular weight is 466 g/mol. The Bertz CT molecular complexity index is 1030. The summed E-state index contributed by atoms with van der Waals surface area (Å²) < 4.78 is 8.45. The first-order valence-corrected chi connectivity index (χ1v) is 13.3. The molecule has 1 aromatic heterocycles. The number of ether oxygens (including phenoxy) is 1. The van der Waals surface area contributed by atoms with Crippen molar-refractivity contribution in [1.29, 1.82) is 0 Å². The highest BCUT2D eigenvalue weighted by Gasteiger charge is 2.16. The van der Waals surface area contributed by atoms with Crippen molar-refractivity contribution in [3.8, 4) is 17.0 Å². The summed E-state index contributed by atoms with van der Waals surface area (Å²) in [6, 6.07) is 16.0. The third-order valence-electron chi connectivity index (χ3n) is 5.72. The minimum absolute atomic E-state index is 0.0121. The molecule has 5 rings (SSSR count). The zero-order chi connectivity index (χ0) is 21.8. The van der Waals surface area contributed by atoms with Gasteiger partial charge in [0, 0.05) is 30.4 Å². The van der Waals surface area contributed by atoms with Gasteiger partial charge in [-0.05, 0) is 60.6 Å². The number of carbonyl (C=O) groups is 1. The number of amides is 1. The fraction of sp³-hybridized carbons (Fsp3) is 0.360. The summed E-state index contributed by atoms with van der Waals surface area (Å²) in [7, 11) is 0. The molecule has 2 aliphatic heterocycles. The number of benzene rings is 2. The number of aryl methyl sites for hydroxylation is 2. The Morgan fingerprint density at radius 2 is 1.81 bits per heavy atom. The second-order valence-electron chi connectivity index (χ2n) is 8.10. The summed E-state index contributed by atoms with van der Waals surface area (Å²) in [5.74, 6) is 4.17. The number of fused-ring (bicyclic) bond motifs is 1. The van der Waals surface area contributed by atoms with Crippen LogP contribution >= 0.6 is 23.5 Å². The molecule has 5 nitrogen and oxygen atoms in total. The van der Waals surface area contributed by atoms with Gasteiger partial charge in [-0.25, -0.2) is 4.98 Å². The fourth-order valence-corrected chi connectivity index (χ4v) is 6.92. The summed E-state index contributed by atoms with van der Waals surface area (Å²) in [5, 5.41) is 2.91. The van der Waals surface area contributed by atoms with Crippen molar-refractivity contribution in [1.82, 2.24) is 9.55 Å². The van der Waals surface area contributed by atoms with Crippen LogP contribution in [-0.2, 0) is 17.8 Å². The zero-order valence-corrected chi connectivity index (χ0v) is 19.6. The maximum absolute atomic E-state index is 12.3. The fourth-order valence-electron chi connectivity index (χ4n) is 4.02. The summed E-state index contributed by atoms with van der Waals surface area (Å²) in [6.07, 6.45) is 6.91. The average Bonchev–Trinajstić information content (AvgIpc) is 3.28. The van der Waals surface area contributed by atoms with Gasteiger partial charge in [-0.15, -0.1) is 23.5 Å². The molecule has 1 saturated heterocycles. The van der Waals surface area contributed by atoms with Crippen molar-refractivity contribution in [2.45, 2.75) is 36.8 Å². The predicted octanol–water partition coefficient (Wildman–Crippen LogP) is 5.77. The van der Waals surface area contributed by atoms with Crippen LogP contribution in [0.3, 0.4) is 0 Å². The van der Waals surface area contributed by atoms with Gasteiger partial charge in [0.1, 0.15) is 11.6 Å². The molecule has 0 radical (unpaired) electrons. The van der Waals surface area contributed by atoms with E-state index in [-0.39, 0.29) is 12.5 Å². The van der Waals surface area contributed by atoms with E-state index in [2.05, 4.69) is 28.2 Å². The first-order valence-electron chi connectivity index (χ1n) is 11.2. The highest BCUT2D eigenvalue weighted by Crippen LogP contribution is 2.43. The van der Waals surface area contributed by atoms with E-state index in [1.54, 1.807) is 0 Å². The number of anilines is 1. The number of nitrogens with one attached hydrogen (secondary N) is 1. The van der Waals surface area contributed by atoms with E-state index < -0.39 is 0 Å². The minimum Gasteiger partial charge on any atom is -0.484 e. The van der Waals surface area contributed by atoms with Crippen LogP contribution in [0.2, 0.25) is 0 Å². The molecule has 0 atom stereocenters. The Morgan fingerprint density at radius 1 is 1.03 bits per heavy atom. The Morgan fingerprint density at radius 3 is 2.56 bits per heavy atom. The van der Waals surface area contributed by atoms with Gasteiger partial charge in [-0.1, -0.05) is 24.3 Å². The largest absolute Gasteiger partial charge is 0.484 e. The lowest BCUT2D eigenvalue weighted by molar-refractivity contribution is -0.118. The molecule has 1 amide bonds. The highest BCUT2D eigenvalue weighted by atomic mass is 32.2. The van der Waals surface area contributed by atoms with E-state index in [4.69, 9.17) is 9.72 Å². The monoisotopic (exact) mass is 465 g/mol. The highest BCUT2D eigenvalue weighted by molar-refractivity contribution is 8.16. The molecule has 2 aromatic carbocycles. The van der Waals surface area contributed by atoms with Crippen LogP contribution in [0.25, 0.3) is 11.3 Å². The second-order valence-corrected chi connectivity index (χ2v) is 10.8. The van der Waals surface area contributed by atoms with Crippen molar-refractivity contribution in [3.05, 3.63) is 66.1 Å². The van der Waals surface area contributed by atoms with Crippen molar-refractivity contribution < 1.29 is 9.53 Å². The first kappa shape index (κ1) is 21.5. The first-order chi connectivity index (χ1) is 15.7. The van der Waals surface area contributed by atoms with E-state index in [9.17, 15) is 4.79 Å². The molecule has 166 valence electrons. The number of nitrogens with zero attached hydrogens (tertiary/aromatic N) is 2.